The summed E-state index contributed by atoms with van der Waals surface area (Å²) in [5, 5.41) is 9.08. The second kappa shape index (κ2) is 9.84. The summed E-state index contributed by atoms with van der Waals surface area (Å²) in [5.41, 5.74) is 4.36. The highest BCUT2D eigenvalue weighted by Gasteiger charge is 2.39. The number of carbonyl (C=O) groups is 2. The maximum absolute atomic E-state index is 14.0. The van der Waals surface area contributed by atoms with Crippen molar-refractivity contribution in [3.63, 3.8) is 0 Å². The monoisotopic (exact) mass is 486 g/mol. The highest BCUT2D eigenvalue weighted by atomic mass is 32.2. The molecule has 2 heterocycles. The van der Waals surface area contributed by atoms with Crippen molar-refractivity contribution in [2.24, 2.45) is 10.1 Å². The number of amidine groups is 1. The van der Waals surface area contributed by atoms with Gasteiger partial charge in [0.25, 0.3) is 5.91 Å². The quantitative estimate of drug-likeness (QED) is 0.530. The number of aliphatic imine (C=N–C) groups is 1. The third kappa shape index (κ3) is 5.17. The number of rotatable bonds is 5. The molecular formula is C27H23FN4O2S. The van der Waals surface area contributed by atoms with Crippen LogP contribution in [0.5, 0.6) is 0 Å². The molecule has 3 aromatic carbocycles. The summed E-state index contributed by atoms with van der Waals surface area (Å²) in [4.78, 5) is 29.4. The summed E-state index contributed by atoms with van der Waals surface area (Å²) in [6.45, 7) is 2.02. The second-order valence-electron chi connectivity index (χ2n) is 8.49. The number of aryl methyl sites for hydroxylation is 1. The van der Waals surface area contributed by atoms with Crippen LogP contribution in [0.25, 0.3) is 0 Å². The van der Waals surface area contributed by atoms with Crippen molar-refractivity contribution in [3.05, 3.63) is 101 Å². The van der Waals surface area contributed by atoms with Crippen LogP contribution >= 0.6 is 11.8 Å². The van der Waals surface area contributed by atoms with Gasteiger partial charge < -0.3 is 5.32 Å². The lowest BCUT2D eigenvalue weighted by Gasteiger charge is -2.23. The molecule has 0 aliphatic carbocycles. The van der Waals surface area contributed by atoms with Gasteiger partial charge in [-0.1, -0.05) is 71.9 Å². The molecule has 0 unspecified atom stereocenters. The van der Waals surface area contributed by atoms with Crippen LogP contribution in [0.2, 0.25) is 0 Å². The van der Waals surface area contributed by atoms with E-state index in [-0.39, 0.29) is 30.1 Å². The number of hydrazone groups is 1. The predicted octanol–water partition coefficient (Wildman–Crippen LogP) is 5.31. The number of thioether (sulfide) groups is 1. The lowest BCUT2D eigenvalue weighted by molar-refractivity contribution is -0.121. The highest BCUT2D eigenvalue weighted by molar-refractivity contribution is 8.15. The molecular weight excluding hydrogens is 463 g/mol. The van der Waals surface area contributed by atoms with Crippen molar-refractivity contribution in [3.8, 4) is 0 Å². The van der Waals surface area contributed by atoms with Gasteiger partial charge in [-0.2, -0.15) is 10.1 Å². The molecule has 2 aliphatic rings. The van der Waals surface area contributed by atoms with Crippen molar-refractivity contribution in [1.82, 2.24) is 5.01 Å². The first-order chi connectivity index (χ1) is 17.0. The third-order valence-corrected chi connectivity index (χ3v) is 7.02. The lowest BCUT2D eigenvalue weighted by atomic mass is 9.98. The first-order valence-electron chi connectivity index (χ1n) is 11.3. The maximum Gasteiger partial charge on any atom is 0.262 e. The van der Waals surface area contributed by atoms with Gasteiger partial charge in [0.1, 0.15) is 11.1 Å². The Labute approximate surface area is 207 Å². The number of halogens is 1. The molecule has 8 heteroatoms. The summed E-state index contributed by atoms with van der Waals surface area (Å²) in [6, 6.07) is 23.2. The number of hydrogen-bond donors (Lipinski definition) is 1. The molecule has 176 valence electrons. The second-order valence-corrected chi connectivity index (χ2v) is 9.66. The average molecular weight is 487 g/mol. The van der Waals surface area contributed by atoms with E-state index in [4.69, 9.17) is 5.10 Å². The van der Waals surface area contributed by atoms with Crippen LogP contribution in [0.1, 0.15) is 35.6 Å². The van der Waals surface area contributed by atoms with E-state index in [9.17, 15) is 14.0 Å². The molecule has 2 aliphatic heterocycles. The Morgan fingerprint density at radius 3 is 2.60 bits per heavy atom. The summed E-state index contributed by atoms with van der Waals surface area (Å²) < 4.78 is 14.0. The van der Waals surface area contributed by atoms with E-state index in [2.05, 4.69) is 10.3 Å². The van der Waals surface area contributed by atoms with Crippen molar-refractivity contribution in [2.75, 3.05) is 5.32 Å². The smallest absolute Gasteiger partial charge is 0.262 e. The standard InChI is InChI=1S/C27H23FN4O2S/c1-17-10-12-18(13-11-17)22-15-23(19-6-5-7-20(28)14-19)32(31-22)27-30-26(34)24(35-27)16-25(33)29-21-8-3-2-4-9-21/h2-14,23-24H,15-16H2,1H3,(H,29,33)/t23-,24+/m1/s1. The first kappa shape index (κ1) is 23.0. The van der Waals surface area contributed by atoms with E-state index in [0.29, 0.717) is 17.3 Å². The van der Waals surface area contributed by atoms with E-state index < -0.39 is 5.25 Å². The van der Waals surface area contributed by atoms with Crippen LogP contribution in [-0.4, -0.2) is 33.0 Å². The van der Waals surface area contributed by atoms with E-state index in [1.807, 2.05) is 55.5 Å². The molecule has 1 N–H and O–H groups in total. The largest absolute Gasteiger partial charge is 0.326 e. The molecule has 5 rings (SSSR count). The van der Waals surface area contributed by atoms with Crippen molar-refractivity contribution in [1.29, 1.82) is 0 Å². The zero-order chi connectivity index (χ0) is 24.4. The molecule has 2 amide bonds. The number of benzene rings is 3. The van der Waals surface area contributed by atoms with Crippen LogP contribution < -0.4 is 5.32 Å². The van der Waals surface area contributed by atoms with E-state index in [0.717, 1.165) is 22.4 Å². The van der Waals surface area contributed by atoms with Gasteiger partial charge >= 0.3 is 0 Å². The fourth-order valence-electron chi connectivity index (χ4n) is 4.09. The Morgan fingerprint density at radius 1 is 1.09 bits per heavy atom. The minimum absolute atomic E-state index is 0.00159. The summed E-state index contributed by atoms with van der Waals surface area (Å²) >= 11 is 1.22. The lowest BCUT2D eigenvalue weighted by Crippen LogP contribution is -2.25. The molecule has 0 fully saturated rings. The normalized spacial score (nSPS) is 19.5. The van der Waals surface area contributed by atoms with Crippen molar-refractivity contribution >= 4 is 40.1 Å². The van der Waals surface area contributed by atoms with Gasteiger partial charge in [-0.05, 0) is 42.3 Å². The number of para-hydroxylation sites is 1. The Morgan fingerprint density at radius 2 is 1.86 bits per heavy atom. The van der Waals surface area contributed by atoms with Crippen LogP contribution in [0.4, 0.5) is 10.1 Å². The molecule has 0 radical (unpaired) electrons. The minimum atomic E-state index is -0.638. The van der Waals surface area contributed by atoms with Gasteiger partial charge in [0.15, 0.2) is 5.17 Å². The Hall–Kier alpha value is -3.78. The Balaban J connectivity index is 1.37. The van der Waals surface area contributed by atoms with Crippen LogP contribution in [-0.2, 0) is 9.59 Å². The van der Waals surface area contributed by atoms with E-state index >= 15 is 0 Å². The summed E-state index contributed by atoms with van der Waals surface area (Å²) in [5.74, 6) is -0.963. The highest BCUT2D eigenvalue weighted by Crippen LogP contribution is 2.38. The fraction of sp³-hybridized carbons (Fsp3) is 0.185. The Kier molecular flexibility index (Phi) is 6.46. The maximum atomic E-state index is 14.0. The number of amides is 2. The minimum Gasteiger partial charge on any atom is -0.326 e. The predicted molar refractivity (Wildman–Crippen MR) is 137 cm³/mol. The first-order valence-corrected chi connectivity index (χ1v) is 12.2. The molecule has 3 aromatic rings. The van der Waals surface area contributed by atoms with Gasteiger partial charge in [0.05, 0.1) is 11.8 Å². The zero-order valence-electron chi connectivity index (χ0n) is 19.0. The van der Waals surface area contributed by atoms with Gasteiger partial charge in [0, 0.05) is 18.5 Å². The van der Waals surface area contributed by atoms with Gasteiger partial charge in [-0.15, -0.1) is 0 Å². The van der Waals surface area contributed by atoms with Crippen molar-refractivity contribution in [2.45, 2.75) is 31.1 Å². The number of anilines is 1. The van der Waals surface area contributed by atoms with Crippen LogP contribution in [0.3, 0.4) is 0 Å². The molecule has 0 aromatic heterocycles. The zero-order valence-corrected chi connectivity index (χ0v) is 19.8. The number of nitrogens with zero attached hydrogens (tertiary/aromatic N) is 3. The van der Waals surface area contributed by atoms with Crippen LogP contribution in [0.15, 0.2) is 89.0 Å². The van der Waals surface area contributed by atoms with Crippen LogP contribution in [0, 0.1) is 12.7 Å². The molecule has 2 atom stereocenters. The Bertz CT molecular complexity index is 1320. The summed E-state index contributed by atoms with van der Waals surface area (Å²) in [7, 11) is 0. The van der Waals surface area contributed by atoms with E-state index in [1.54, 1.807) is 23.2 Å². The number of hydrogen-bond acceptors (Lipinski definition) is 5. The van der Waals surface area contributed by atoms with Crippen molar-refractivity contribution < 1.29 is 14.0 Å². The topological polar surface area (TPSA) is 74.1 Å². The SMILES string of the molecule is Cc1ccc(C2=NN(C3=NC(=O)[C@H](CC(=O)Nc4ccccc4)S3)[C@@H](c3cccc(F)c3)C2)cc1. The number of carbonyl (C=O) groups excluding carboxylic acids is 2. The molecule has 0 saturated carbocycles. The van der Waals surface area contributed by atoms with Gasteiger partial charge in [0.2, 0.25) is 5.91 Å². The molecule has 0 spiro atoms. The van der Waals surface area contributed by atoms with Gasteiger partial charge in [-0.3, -0.25) is 9.59 Å². The summed E-state index contributed by atoms with van der Waals surface area (Å²) in [6.07, 6.45) is 0.540. The fourth-order valence-corrected chi connectivity index (χ4v) is 5.15. The molecule has 35 heavy (non-hydrogen) atoms. The van der Waals surface area contributed by atoms with Gasteiger partial charge in [-0.25, -0.2) is 9.40 Å². The average Bonchev–Trinajstić information content (AvgIpc) is 3.44. The third-order valence-electron chi connectivity index (χ3n) is 5.88. The molecule has 6 nitrogen and oxygen atoms in total. The van der Waals surface area contributed by atoms with E-state index in [1.165, 1.54) is 23.9 Å². The molecule has 0 bridgehead atoms. The number of nitrogens with one attached hydrogen (secondary N) is 1. The molecule has 0 saturated heterocycles.